The van der Waals surface area contributed by atoms with Crippen LogP contribution in [0.5, 0.6) is 5.75 Å². The molecule has 0 radical (unpaired) electrons. The number of likely N-dealkylation sites (tertiary alicyclic amines) is 1. The monoisotopic (exact) mass is 488 g/mol. The van der Waals surface area contributed by atoms with Crippen molar-refractivity contribution in [2.24, 2.45) is 0 Å². The number of aromatic hydroxyl groups is 1. The molecular weight excluding hydrogens is 476 g/mol. The van der Waals surface area contributed by atoms with Gasteiger partial charge in [-0.3, -0.25) is 19.3 Å². The molecule has 0 aromatic heterocycles. The number of amides is 3. The molecule has 2 heterocycles. The molecular formula is C16H14Br2N2O4S. The van der Waals surface area contributed by atoms with Crippen molar-refractivity contribution in [2.45, 2.75) is 12.8 Å². The van der Waals surface area contributed by atoms with E-state index in [4.69, 9.17) is 0 Å². The zero-order valence-corrected chi connectivity index (χ0v) is 17.0. The number of imide groups is 1. The van der Waals surface area contributed by atoms with Gasteiger partial charge in [0.15, 0.2) is 0 Å². The van der Waals surface area contributed by atoms with Gasteiger partial charge < -0.3 is 10.0 Å². The molecule has 0 bridgehead atoms. The van der Waals surface area contributed by atoms with Crippen LogP contribution in [-0.2, 0) is 9.59 Å². The Balaban J connectivity index is 1.80. The Hall–Kier alpha value is -1.32. The lowest BCUT2D eigenvalue weighted by Crippen LogP contribution is -2.40. The van der Waals surface area contributed by atoms with Gasteiger partial charge in [-0.2, -0.15) is 0 Å². The van der Waals surface area contributed by atoms with Crippen molar-refractivity contribution in [3.05, 3.63) is 31.5 Å². The van der Waals surface area contributed by atoms with Crippen LogP contribution in [0, 0.1) is 0 Å². The summed E-state index contributed by atoms with van der Waals surface area (Å²) in [5, 5.41) is 9.62. The van der Waals surface area contributed by atoms with Crippen molar-refractivity contribution >= 4 is 66.8 Å². The predicted molar refractivity (Wildman–Crippen MR) is 102 cm³/mol. The summed E-state index contributed by atoms with van der Waals surface area (Å²) in [5.74, 6) is -0.754. The first kappa shape index (κ1) is 18.5. The van der Waals surface area contributed by atoms with Crippen LogP contribution in [0.2, 0.25) is 0 Å². The van der Waals surface area contributed by atoms with Crippen molar-refractivity contribution in [2.75, 3.05) is 19.6 Å². The van der Waals surface area contributed by atoms with Gasteiger partial charge in [0.25, 0.3) is 11.1 Å². The van der Waals surface area contributed by atoms with Gasteiger partial charge in [0.1, 0.15) is 12.3 Å². The first-order valence-electron chi connectivity index (χ1n) is 7.58. The summed E-state index contributed by atoms with van der Waals surface area (Å²) < 4.78 is 1.18. The second kappa shape index (κ2) is 7.51. The summed E-state index contributed by atoms with van der Waals surface area (Å²) in [6, 6.07) is 3.32. The molecule has 25 heavy (non-hydrogen) atoms. The van der Waals surface area contributed by atoms with Gasteiger partial charge in [0.05, 0.1) is 9.38 Å². The third-order valence-corrected chi connectivity index (χ3v) is 5.94. The normalized spacial score (nSPS) is 19.4. The van der Waals surface area contributed by atoms with Crippen molar-refractivity contribution in [1.82, 2.24) is 9.80 Å². The van der Waals surface area contributed by atoms with E-state index >= 15 is 0 Å². The molecule has 2 aliphatic heterocycles. The molecule has 0 saturated carbocycles. The highest BCUT2D eigenvalue weighted by Gasteiger charge is 2.37. The molecule has 2 fully saturated rings. The summed E-state index contributed by atoms with van der Waals surface area (Å²) >= 11 is 7.31. The van der Waals surface area contributed by atoms with Crippen LogP contribution < -0.4 is 0 Å². The zero-order chi connectivity index (χ0) is 18.1. The van der Waals surface area contributed by atoms with E-state index < -0.39 is 11.1 Å². The van der Waals surface area contributed by atoms with Gasteiger partial charge in [0.2, 0.25) is 5.91 Å². The Bertz CT molecular complexity index is 791. The Morgan fingerprint density at radius 1 is 1.24 bits per heavy atom. The van der Waals surface area contributed by atoms with E-state index in [0.717, 1.165) is 29.5 Å². The van der Waals surface area contributed by atoms with Crippen LogP contribution in [0.25, 0.3) is 6.08 Å². The van der Waals surface area contributed by atoms with Crippen molar-refractivity contribution < 1.29 is 19.5 Å². The molecule has 3 rings (SSSR count). The molecule has 132 valence electrons. The van der Waals surface area contributed by atoms with E-state index in [9.17, 15) is 19.5 Å². The molecule has 9 heteroatoms. The number of thioether (sulfide) groups is 1. The number of benzene rings is 1. The second-order valence-corrected chi connectivity index (χ2v) is 8.44. The summed E-state index contributed by atoms with van der Waals surface area (Å²) in [7, 11) is 0. The number of carbonyl (C=O) groups excluding carboxylic acids is 3. The lowest BCUT2D eigenvalue weighted by Gasteiger charge is -2.18. The largest absolute Gasteiger partial charge is 0.506 e. The third kappa shape index (κ3) is 3.93. The Morgan fingerprint density at radius 2 is 1.92 bits per heavy atom. The smallest absolute Gasteiger partial charge is 0.294 e. The fourth-order valence-corrected chi connectivity index (χ4v) is 4.76. The number of hydrogen-bond acceptors (Lipinski definition) is 5. The standard InChI is InChI=1S/C16H14Br2N2O4S/c17-10-5-9(14(22)11(18)7-10)6-12-15(23)20(16(24)25-12)8-13(21)19-3-1-2-4-19/h5-7,22H,1-4,8H2/b12-6+. The van der Waals surface area contributed by atoms with Crippen LogP contribution in [0.3, 0.4) is 0 Å². The van der Waals surface area contributed by atoms with E-state index in [2.05, 4.69) is 31.9 Å². The maximum absolute atomic E-state index is 12.5. The number of hydrogen-bond donors (Lipinski definition) is 1. The number of carbonyl (C=O) groups is 3. The van der Waals surface area contributed by atoms with E-state index in [-0.39, 0.29) is 23.1 Å². The quantitative estimate of drug-likeness (QED) is 0.656. The van der Waals surface area contributed by atoms with Crippen molar-refractivity contribution in [1.29, 1.82) is 0 Å². The number of phenols is 1. The van der Waals surface area contributed by atoms with Crippen LogP contribution in [0.4, 0.5) is 4.79 Å². The van der Waals surface area contributed by atoms with Gasteiger partial charge in [-0.15, -0.1) is 0 Å². The van der Waals surface area contributed by atoms with E-state index in [1.165, 1.54) is 6.08 Å². The predicted octanol–water partition coefficient (Wildman–Crippen LogP) is 3.58. The lowest BCUT2D eigenvalue weighted by atomic mass is 10.2. The minimum absolute atomic E-state index is 0.0249. The van der Waals surface area contributed by atoms with Crippen LogP contribution in [-0.4, -0.2) is 51.6 Å². The van der Waals surface area contributed by atoms with Gasteiger partial charge in [-0.25, -0.2) is 0 Å². The minimum Gasteiger partial charge on any atom is -0.506 e. The third-order valence-electron chi connectivity index (χ3n) is 3.97. The molecule has 0 atom stereocenters. The molecule has 2 saturated heterocycles. The maximum Gasteiger partial charge on any atom is 0.294 e. The Kier molecular flexibility index (Phi) is 5.55. The van der Waals surface area contributed by atoms with Crippen molar-refractivity contribution in [3.63, 3.8) is 0 Å². The molecule has 1 aromatic rings. The van der Waals surface area contributed by atoms with Crippen LogP contribution >= 0.6 is 43.6 Å². The molecule has 6 nitrogen and oxygen atoms in total. The summed E-state index contributed by atoms with van der Waals surface area (Å²) in [5.41, 5.74) is 0.401. The molecule has 0 unspecified atom stereocenters. The van der Waals surface area contributed by atoms with Gasteiger partial charge >= 0.3 is 0 Å². The number of nitrogens with zero attached hydrogens (tertiary/aromatic N) is 2. The fourth-order valence-electron chi connectivity index (χ4n) is 2.68. The van der Waals surface area contributed by atoms with E-state index in [1.54, 1.807) is 17.0 Å². The van der Waals surface area contributed by atoms with Crippen LogP contribution in [0.15, 0.2) is 26.0 Å². The number of phenolic OH excluding ortho intramolecular Hbond substituents is 1. The second-order valence-electron chi connectivity index (χ2n) is 5.68. The lowest BCUT2D eigenvalue weighted by molar-refractivity contribution is -0.135. The molecule has 0 aliphatic carbocycles. The van der Waals surface area contributed by atoms with E-state index in [1.807, 2.05) is 0 Å². The molecule has 1 aromatic carbocycles. The highest BCUT2D eigenvalue weighted by Crippen LogP contribution is 2.37. The van der Waals surface area contributed by atoms with E-state index in [0.29, 0.717) is 27.6 Å². The summed E-state index contributed by atoms with van der Waals surface area (Å²) in [4.78, 5) is 39.6. The van der Waals surface area contributed by atoms with Gasteiger partial charge in [-0.1, -0.05) is 15.9 Å². The average molecular weight is 490 g/mol. The van der Waals surface area contributed by atoms with Gasteiger partial charge in [-0.05, 0) is 58.7 Å². The topological polar surface area (TPSA) is 77.9 Å². The molecule has 2 aliphatic rings. The first-order valence-corrected chi connectivity index (χ1v) is 9.98. The molecule has 1 N–H and O–H groups in total. The SMILES string of the molecule is O=C(CN1C(=O)S/C(=C/c2cc(Br)cc(Br)c2O)C1=O)N1CCCC1. The highest BCUT2D eigenvalue weighted by atomic mass is 79.9. The number of halogens is 2. The van der Waals surface area contributed by atoms with Crippen LogP contribution in [0.1, 0.15) is 18.4 Å². The average Bonchev–Trinajstić information content (AvgIpc) is 3.17. The van der Waals surface area contributed by atoms with Gasteiger partial charge in [0, 0.05) is 23.1 Å². The van der Waals surface area contributed by atoms with Crippen molar-refractivity contribution in [3.8, 4) is 5.75 Å². The summed E-state index contributed by atoms with van der Waals surface area (Å²) in [6.07, 6.45) is 3.35. The number of rotatable bonds is 3. The minimum atomic E-state index is -0.516. The Labute approximate surface area is 165 Å². The highest BCUT2D eigenvalue weighted by molar-refractivity contribution is 9.11. The summed E-state index contributed by atoms with van der Waals surface area (Å²) in [6.45, 7) is 1.10. The zero-order valence-electron chi connectivity index (χ0n) is 13.0. The maximum atomic E-state index is 12.5. The molecule has 3 amide bonds. The fraction of sp³-hybridized carbons (Fsp3) is 0.312. The molecule has 0 spiro atoms. The first-order chi connectivity index (χ1) is 11.9. The Morgan fingerprint density at radius 3 is 2.60 bits per heavy atom.